The van der Waals surface area contributed by atoms with Crippen molar-refractivity contribution in [3.05, 3.63) is 58.5 Å². The number of hydrogen-bond acceptors (Lipinski definition) is 3. The standard InChI is InChI=1S/C14H10O2S2/c15-13(16)7-12-10-4-2-1-3-9(10)8-18-14-11(12)5-6-17-14/h1-7H,8H2,(H,15,16)/b12-7-. The molecule has 0 aliphatic carbocycles. The molecule has 0 unspecified atom stereocenters. The van der Waals surface area contributed by atoms with Gasteiger partial charge in [-0.05, 0) is 28.1 Å². The number of thiophene rings is 1. The normalized spacial score (nSPS) is 15.9. The zero-order valence-corrected chi connectivity index (χ0v) is 11.1. The molecule has 4 heteroatoms. The van der Waals surface area contributed by atoms with Crippen molar-refractivity contribution < 1.29 is 9.90 Å². The van der Waals surface area contributed by atoms with Crippen LogP contribution >= 0.6 is 23.1 Å². The molecule has 0 amide bonds. The lowest BCUT2D eigenvalue weighted by Crippen LogP contribution is -1.95. The van der Waals surface area contributed by atoms with E-state index in [1.807, 2.05) is 29.6 Å². The molecular weight excluding hydrogens is 264 g/mol. The van der Waals surface area contributed by atoms with Crippen molar-refractivity contribution in [3.63, 3.8) is 0 Å². The van der Waals surface area contributed by atoms with Crippen LogP contribution in [0.1, 0.15) is 16.7 Å². The smallest absolute Gasteiger partial charge is 0.328 e. The predicted molar refractivity (Wildman–Crippen MR) is 75.0 cm³/mol. The Kier molecular flexibility index (Phi) is 2.97. The molecule has 90 valence electrons. The molecule has 1 aromatic heterocycles. The SMILES string of the molecule is O=C(O)/C=C1/c2ccccc2CSc2sccc21. The summed E-state index contributed by atoms with van der Waals surface area (Å²) >= 11 is 3.44. The van der Waals surface area contributed by atoms with Gasteiger partial charge in [0.15, 0.2) is 0 Å². The minimum absolute atomic E-state index is 0.819. The fourth-order valence-electron chi connectivity index (χ4n) is 2.08. The molecule has 0 bridgehead atoms. The number of rotatable bonds is 1. The maximum Gasteiger partial charge on any atom is 0.328 e. The fraction of sp³-hybridized carbons (Fsp3) is 0.0714. The molecule has 1 aliphatic heterocycles. The van der Waals surface area contributed by atoms with E-state index in [2.05, 4.69) is 6.07 Å². The number of hydrogen-bond donors (Lipinski definition) is 1. The van der Waals surface area contributed by atoms with Crippen LogP contribution in [0, 0.1) is 0 Å². The lowest BCUT2D eigenvalue weighted by atomic mass is 9.96. The lowest BCUT2D eigenvalue weighted by molar-refractivity contribution is -0.131. The number of benzene rings is 1. The number of aliphatic carboxylic acids is 1. The molecule has 0 fully saturated rings. The Morgan fingerprint density at radius 1 is 1.22 bits per heavy atom. The van der Waals surface area contributed by atoms with Gasteiger partial charge in [0.05, 0.1) is 4.21 Å². The molecule has 2 aromatic rings. The highest BCUT2D eigenvalue weighted by Gasteiger charge is 2.19. The Hall–Kier alpha value is -1.52. The van der Waals surface area contributed by atoms with Gasteiger partial charge in [0.1, 0.15) is 0 Å². The zero-order chi connectivity index (χ0) is 12.5. The number of carboxylic acids is 1. The Balaban J connectivity index is 2.26. The van der Waals surface area contributed by atoms with Crippen molar-refractivity contribution >= 4 is 34.6 Å². The first kappa shape index (κ1) is 11.6. The average Bonchev–Trinajstić information content (AvgIpc) is 2.77. The molecule has 0 saturated heterocycles. The molecule has 3 rings (SSSR count). The maximum atomic E-state index is 11.0. The van der Waals surface area contributed by atoms with Crippen molar-refractivity contribution in [2.75, 3.05) is 0 Å². The molecule has 2 nitrogen and oxygen atoms in total. The topological polar surface area (TPSA) is 37.3 Å². The molecule has 0 saturated carbocycles. The van der Waals surface area contributed by atoms with Crippen LogP contribution in [-0.4, -0.2) is 11.1 Å². The quantitative estimate of drug-likeness (QED) is 0.802. The Morgan fingerprint density at radius 2 is 2.06 bits per heavy atom. The first-order valence-electron chi connectivity index (χ1n) is 5.49. The highest BCUT2D eigenvalue weighted by molar-refractivity contribution is 8.00. The van der Waals surface area contributed by atoms with E-state index >= 15 is 0 Å². The summed E-state index contributed by atoms with van der Waals surface area (Å²) in [6.45, 7) is 0. The lowest BCUT2D eigenvalue weighted by Gasteiger charge is -2.07. The molecule has 1 aromatic carbocycles. The summed E-state index contributed by atoms with van der Waals surface area (Å²) in [5.74, 6) is -0.00968. The van der Waals surface area contributed by atoms with Crippen LogP contribution in [0.15, 0.2) is 46.0 Å². The van der Waals surface area contributed by atoms with Crippen LogP contribution < -0.4 is 0 Å². The van der Waals surface area contributed by atoms with Crippen LogP contribution in [0.5, 0.6) is 0 Å². The van der Waals surface area contributed by atoms with Gasteiger partial charge < -0.3 is 5.11 Å². The molecule has 0 spiro atoms. The molecule has 1 aliphatic rings. The first-order valence-corrected chi connectivity index (χ1v) is 7.36. The Morgan fingerprint density at radius 3 is 2.89 bits per heavy atom. The van der Waals surface area contributed by atoms with E-state index in [0.717, 1.165) is 22.5 Å². The van der Waals surface area contributed by atoms with E-state index in [0.29, 0.717) is 0 Å². The van der Waals surface area contributed by atoms with Crippen LogP contribution in [-0.2, 0) is 10.5 Å². The second-order valence-electron chi connectivity index (χ2n) is 3.96. The molecule has 18 heavy (non-hydrogen) atoms. The van der Waals surface area contributed by atoms with Gasteiger partial charge in [0.25, 0.3) is 0 Å². The summed E-state index contributed by atoms with van der Waals surface area (Å²) in [6.07, 6.45) is 1.32. The summed E-state index contributed by atoms with van der Waals surface area (Å²) in [6, 6.07) is 10.0. The second-order valence-corrected chi connectivity index (χ2v) is 6.12. The summed E-state index contributed by atoms with van der Waals surface area (Å²) in [7, 11) is 0. The van der Waals surface area contributed by atoms with E-state index in [-0.39, 0.29) is 0 Å². The molecular formula is C14H10O2S2. The van der Waals surface area contributed by atoms with Gasteiger partial charge in [0.2, 0.25) is 0 Å². The van der Waals surface area contributed by atoms with Crippen LogP contribution in [0.2, 0.25) is 0 Å². The van der Waals surface area contributed by atoms with Crippen molar-refractivity contribution in [2.45, 2.75) is 9.96 Å². The largest absolute Gasteiger partial charge is 0.478 e. The van der Waals surface area contributed by atoms with E-state index in [1.165, 1.54) is 15.8 Å². The molecule has 1 N–H and O–H groups in total. The van der Waals surface area contributed by atoms with Crippen molar-refractivity contribution in [2.24, 2.45) is 0 Å². The van der Waals surface area contributed by atoms with Gasteiger partial charge in [-0.3, -0.25) is 0 Å². The van der Waals surface area contributed by atoms with E-state index < -0.39 is 5.97 Å². The zero-order valence-electron chi connectivity index (χ0n) is 9.42. The summed E-state index contributed by atoms with van der Waals surface area (Å²) in [5, 5.41) is 11.1. The molecule has 0 atom stereocenters. The number of thioether (sulfide) groups is 1. The summed E-state index contributed by atoms with van der Waals surface area (Å²) < 4.78 is 1.19. The third-order valence-corrected chi connectivity index (χ3v) is 5.14. The van der Waals surface area contributed by atoms with E-state index in [1.54, 1.807) is 23.1 Å². The number of fused-ring (bicyclic) bond motifs is 2. The molecule has 0 radical (unpaired) electrons. The van der Waals surface area contributed by atoms with E-state index in [4.69, 9.17) is 5.11 Å². The molecule has 2 heterocycles. The third-order valence-electron chi connectivity index (χ3n) is 2.85. The van der Waals surface area contributed by atoms with Crippen LogP contribution in [0.25, 0.3) is 5.57 Å². The fourth-order valence-corrected chi connectivity index (χ4v) is 4.20. The van der Waals surface area contributed by atoms with Crippen molar-refractivity contribution in [1.82, 2.24) is 0 Å². The Bertz CT molecular complexity index is 641. The van der Waals surface area contributed by atoms with Crippen LogP contribution in [0.3, 0.4) is 0 Å². The van der Waals surface area contributed by atoms with Gasteiger partial charge >= 0.3 is 5.97 Å². The van der Waals surface area contributed by atoms with Gasteiger partial charge in [-0.2, -0.15) is 0 Å². The Labute approximate surface area is 113 Å². The van der Waals surface area contributed by atoms with Gasteiger partial charge in [-0.15, -0.1) is 23.1 Å². The van der Waals surface area contributed by atoms with E-state index in [9.17, 15) is 4.79 Å². The van der Waals surface area contributed by atoms with Gasteiger partial charge in [-0.1, -0.05) is 24.3 Å². The number of carbonyl (C=O) groups is 1. The first-order chi connectivity index (χ1) is 8.75. The third kappa shape index (κ3) is 1.98. The van der Waals surface area contributed by atoms with Gasteiger partial charge in [0, 0.05) is 17.4 Å². The number of carboxylic acid groups (broad SMARTS) is 1. The summed E-state index contributed by atoms with van der Waals surface area (Å²) in [4.78, 5) is 11.0. The predicted octanol–water partition coefficient (Wildman–Crippen LogP) is 3.87. The minimum atomic E-state index is -0.899. The van der Waals surface area contributed by atoms with Crippen molar-refractivity contribution in [1.29, 1.82) is 0 Å². The highest BCUT2D eigenvalue weighted by atomic mass is 32.2. The highest BCUT2D eigenvalue weighted by Crippen LogP contribution is 2.42. The average molecular weight is 274 g/mol. The maximum absolute atomic E-state index is 11.0. The van der Waals surface area contributed by atoms with Crippen molar-refractivity contribution in [3.8, 4) is 0 Å². The monoisotopic (exact) mass is 274 g/mol. The van der Waals surface area contributed by atoms with Gasteiger partial charge in [-0.25, -0.2) is 4.79 Å². The minimum Gasteiger partial charge on any atom is -0.478 e. The summed E-state index contributed by atoms with van der Waals surface area (Å²) in [5.41, 5.74) is 4.08. The second kappa shape index (κ2) is 4.63. The van der Waals surface area contributed by atoms with Crippen LogP contribution in [0.4, 0.5) is 0 Å².